The lowest BCUT2D eigenvalue weighted by molar-refractivity contribution is -0.151. The summed E-state index contributed by atoms with van der Waals surface area (Å²) in [4.78, 5) is 28.0. The summed E-state index contributed by atoms with van der Waals surface area (Å²) in [5.74, 6) is -1.20. The first-order chi connectivity index (χ1) is 18.0. The molecule has 0 amide bonds. The molecular weight excluding hydrogens is 514 g/mol. The number of hydrogen-bond acceptors (Lipinski definition) is 10. The quantitative estimate of drug-likeness (QED) is 0.368. The Bertz CT molecular complexity index is 1040. The highest BCUT2D eigenvalue weighted by atomic mass is 32.2. The molecule has 12 heteroatoms. The Hall–Kier alpha value is -2.28. The second kappa shape index (κ2) is 13.7. The van der Waals surface area contributed by atoms with Crippen molar-refractivity contribution in [1.82, 2.24) is 15.0 Å². The Balaban J connectivity index is 1.45. The molecule has 0 spiro atoms. The normalized spacial score (nSPS) is 24.1. The van der Waals surface area contributed by atoms with Crippen molar-refractivity contribution in [1.29, 1.82) is 0 Å². The molecule has 2 atom stereocenters. The van der Waals surface area contributed by atoms with Gasteiger partial charge in [-0.15, -0.1) is 0 Å². The number of carbonyl (C=O) groups excluding carboxylic acids is 2. The van der Waals surface area contributed by atoms with Gasteiger partial charge < -0.3 is 24.3 Å². The monoisotopic (exact) mass is 555 g/mol. The number of nitrogens with one attached hydrogen (secondary N) is 2. The van der Waals surface area contributed by atoms with Crippen LogP contribution in [0.5, 0.6) is 5.88 Å². The average molecular weight is 556 g/mol. The highest BCUT2D eigenvalue weighted by Crippen LogP contribution is 2.37. The summed E-state index contributed by atoms with van der Waals surface area (Å²) in [5.41, 5.74) is 0.234. The Morgan fingerprint density at radius 3 is 2.55 bits per heavy atom. The van der Waals surface area contributed by atoms with Crippen molar-refractivity contribution in [3.63, 3.8) is 0 Å². The third-order valence-electron chi connectivity index (χ3n) is 6.46. The van der Waals surface area contributed by atoms with E-state index in [9.17, 15) is 18.0 Å². The van der Waals surface area contributed by atoms with E-state index >= 15 is 0 Å². The molecule has 2 fully saturated rings. The van der Waals surface area contributed by atoms with Crippen LogP contribution < -0.4 is 14.8 Å². The Kier molecular flexibility index (Phi) is 10.9. The van der Waals surface area contributed by atoms with Crippen molar-refractivity contribution in [2.75, 3.05) is 32.1 Å². The highest BCUT2D eigenvalue weighted by molar-refractivity contribution is 7.90. The number of aromatic nitrogens is 1. The van der Waals surface area contributed by atoms with Gasteiger partial charge in [0.2, 0.25) is 15.9 Å². The predicted octanol–water partition coefficient (Wildman–Crippen LogP) is 2.06. The minimum absolute atomic E-state index is 0.0632. The number of nitrogens with zero attached hydrogens (tertiary/aromatic N) is 1. The van der Waals surface area contributed by atoms with Gasteiger partial charge in [0.15, 0.2) is 12.4 Å². The van der Waals surface area contributed by atoms with E-state index in [2.05, 4.69) is 15.0 Å². The van der Waals surface area contributed by atoms with Crippen LogP contribution in [-0.4, -0.2) is 81.2 Å². The van der Waals surface area contributed by atoms with E-state index in [4.69, 9.17) is 18.9 Å². The molecule has 0 bridgehead atoms. The van der Waals surface area contributed by atoms with E-state index in [0.717, 1.165) is 31.2 Å². The Morgan fingerprint density at radius 2 is 1.87 bits per heavy atom. The number of rotatable bonds is 12. The lowest BCUT2D eigenvalue weighted by atomic mass is 9.83. The number of hydrogen-bond donors (Lipinski definition) is 2. The molecule has 0 radical (unpaired) electrons. The summed E-state index contributed by atoms with van der Waals surface area (Å²) in [6.07, 6.45) is 5.78. The van der Waals surface area contributed by atoms with Gasteiger partial charge >= 0.3 is 11.9 Å². The molecule has 38 heavy (non-hydrogen) atoms. The van der Waals surface area contributed by atoms with Crippen molar-refractivity contribution < 1.29 is 37.0 Å². The molecule has 1 aromatic heterocycles. The molecule has 0 unspecified atom stereocenters. The average Bonchev–Trinajstić information content (AvgIpc) is 3.26. The number of esters is 2. The Morgan fingerprint density at radius 1 is 1.13 bits per heavy atom. The van der Waals surface area contributed by atoms with Crippen molar-refractivity contribution >= 4 is 22.0 Å². The van der Waals surface area contributed by atoms with Gasteiger partial charge in [-0.25, -0.2) is 22.9 Å². The first-order valence-corrected chi connectivity index (χ1v) is 14.9. The summed E-state index contributed by atoms with van der Waals surface area (Å²) < 4.78 is 49.6. The zero-order valence-corrected chi connectivity index (χ0v) is 23.6. The molecule has 1 aromatic rings. The van der Waals surface area contributed by atoms with E-state index in [0.29, 0.717) is 32.1 Å². The predicted molar refractivity (Wildman–Crippen MR) is 140 cm³/mol. The smallest absolute Gasteiger partial charge is 0.344 e. The lowest BCUT2D eigenvalue weighted by Crippen LogP contribution is -2.48. The van der Waals surface area contributed by atoms with Gasteiger partial charge in [-0.3, -0.25) is 4.79 Å². The van der Waals surface area contributed by atoms with Gasteiger partial charge in [0.1, 0.15) is 5.60 Å². The maximum absolute atomic E-state index is 12.5. The summed E-state index contributed by atoms with van der Waals surface area (Å²) in [6.45, 7) is 8.00. The molecule has 1 saturated heterocycles. The molecule has 1 aliphatic carbocycles. The number of pyridine rings is 1. The molecule has 2 aliphatic rings. The lowest BCUT2D eigenvalue weighted by Gasteiger charge is -2.31. The van der Waals surface area contributed by atoms with Gasteiger partial charge in [-0.05, 0) is 78.3 Å². The second-order valence-corrected chi connectivity index (χ2v) is 12.5. The van der Waals surface area contributed by atoms with Gasteiger partial charge in [0, 0.05) is 23.8 Å². The van der Waals surface area contributed by atoms with Crippen LogP contribution in [0.1, 0.15) is 71.3 Å². The zero-order valence-electron chi connectivity index (χ0n) is 22.7. The summed E-state index contributed by atoms with van der Waals surface area (Å²) in [6, 6.07) is 3.32. The Labute approximate surface area is 225 Å². The molecule has 2 N–H and O–H groups in total. The summed E-state index contributed by atoms with van der Waals surface area (Å²) in [5, 5.41) is 3.30. The first kappa shape index (κ1) is 30.3. The maximum Gasteiger partial charge on any atom is 0.344 e. The van der Waals surface area contributed by atoms with Crippen molar-refractivity contribution in [2.45, 2.75) is 89.5 Å². The van der Waals surface area contributed by atoms with Crippen LogP contribution in [0.2, 0.25) is 0 Å². The number of sulfonamides is 1. The number of ether oxygens (including phenoxy) is 4. The minimum atomic E-state index is -3.84. The summed E-state index contributed by atoms with van der Waals surface area (Å²) >= 11 is 0. The molecule has 1 aliphatic heterocycles. The standard InChI is InChI=1S/C26H41N3O8S/c1-5-34-23(30)16-36-25-20(7-6-13-28-25)18-8-10-19(11-9-18)35-15-22-21(12-14-27-22)29-38(32,33)17-24(31)37-26(2,3)4/h6-7,13,18-19,21-22,27,29H,5,8-12,14-17H2,1-4H3/t18?,19?,21-,22-/m0/s1. The van der Waals surface area contributed by atoms with E-state index in [1.165, 1.54) is 0 Å². The van der Waals surface area contributed by atoms with Gasteiger partial charge in [0.25, 0.3) is 0 Å². The molecule has 1 saturated carbocycles. The third-order valence-corrected chi connectivity index (χ3v) is 7.74. The zero-order chi connectivity index (χ0) is 27.8. The van der Waals surface area contributed by atoms with Crippen LogP contribution in [-0.2, 0) is 33.8 Å². The van der Waals surface area contributed by atoms with E-state index in [-0.39, 0.29) is 30.7 Å². The van der Waals surface area contributed by atoms with E-state index in [1.807, 2.05) is 12.1 Å². The van der Waals surface area contributed by atoms with Crippen LogP contribution in [0.4, 0.5) is 0 Å². The fourth-order valence-electron chi connectivity index (χ4n) is 4.83. The van der Waals surface area contributed by atoms with Gasteiger partial charge in [-0.2, -0.15) is 0 Å². The fraction of sp³-hybridized carbons (Fsp3) is 0.731. The molecular formula is C26H41N3O8S. The van der Waals surface area contributed by atoms with Crippen LogP contribution in [0.15, 0.2) is 18.3 Å². The van der Waals surface area contributed by atoms with Crippen molar-refractivity contribution in [2.24, 2.45) is 0 Å². The van der Waals surface area contributed by atoms with E-state index in [1.54, 1.807) is 33.9 Å². The third kappa shape index (κ3) is 9.79. The molecule has 0 aromatic carbocycles. The van der Waals surface area contributed by atoms with Gasteiger partial charge in [0.05, 0.1) is 19.3 Å². The summed E-state index contributed by atoms with van der Waals surface area (Å²) in [7, 11) is -3.84. The number of carbonyl (C=O) groups is 2. The van der Waals surface area contributed by atoms with Crippen LogP contribution in [0.25, 0.3) is 0 Å². The fourth-order valence-corrected chi connectivity index (χ4v) is 6.02. The first-order valence-electron chi connectivity index (χ1n) is 13.3. The van der Waals surface area contributed by atoms with Gasteiger partial charge in [-0.1, -0.05) is 6.07 Å². The van der Waals surface area contributed by atoms with Crippen LogP contribution >= 0.6 is 0 Å². The molecule has 3 rings (SSSR count). The van der Waals surface area contributed by atoms with Crippen LogP contribution in [0.3, 0.4) is 0 Å². The highest BCUT2D eigenvalue weighted by Gasteiger charge is 2.34. The van der Waals surface area contributed by atoms with Crippen LogP contribution in [0, 0.1) is 0 Å². The van der Waals surface area contributed by atoms with E-state index < -0.39 is 33.3 Å². The molecule has 11 nitrogen and oxygen atoms in total. The maximum atomic E-state index is 12.5. The second-order valence-electron chi connectivity index (χ2n) is 10.7. The minimum Gasteiger partial charge on any atom is -0.465 e. The van der Waals surface area contributed by atoms with Crippen molar-refractivity contribution in [3.8, 4) is 5.88 Å². The largest absolute Gasteiger partial charge is 0.465 e. The molecule has 2 heterocycles. The van der Waals surface area contributed by atoms with Crippen molar-refractivity contribution in [3.05, 3.63) is 23.9 Å². The SMILES string of the molecule is CCOC(=O)COc1ncccc1C1CCC(OC[C@@H]2NCC[C@@H]2NS(=O)(=O)CC(=O)OC(C)(C)C)CC1. The topological polar surface area (TPSA) is 142 Å². The molecule has 214 valence electrons.